The van der Waals surface area contributed by atoms with Crippen molar-refractivity contribution in [3.8, 4) is 0 Å². The van der Waals surface area contributed by atoms with Gasteiger partial charge in [0, 0.05) is 0 Å². The highest BCUT2D eigenvalue weighted by Gasteiger charge is 2.22. The van der Waals surface area contributed by atoms with Gasteiger partial charge in [-0.05, 0) is 34.6 Å². The number of ether oxygens (including phenoxy) is 1. The van der Waals surface area contributed by atoms with Crippen LogP contribution in [0.2, 0.25) is 0 Å². The van der Waals surface area contributed by atoms with Gasteiger partial charge in [0.05, 0.1) is 11.4 Å². The van der Waals surface area contributed by atoms with Gasteiger partial charge in [-0.15, -0.1) is 0 Å². The lowest BCUT2D eigenvalue weighted by molar-refractivity contribution is 0.00635. The first-order chi connectivity index (χ1) is 7.20. The van der Waals surface area contributed by atoms with E-state index in [0.717, 1.165) is 0 Å². The molecule has 0 saturated carbocycles. The second kappa shape index (κ2) is 4.08. The molecule has 16 heavy (non-hydrogen) atoms. The molecule has 1 rings (SSSR count). The van der Waals surface area contributed by atoms with Crippen molar-refractivity contribution >= 4 is 11.8 Å². The number of carbonyl (C=O) groups is 1. The molecule has 0 aromatic carbocycles. The number of nitrogens with two attached hydrogens (primary N) is 1. The molecule has 5 heteroatoms. The molecule has 88 valence electrons. The molecular formula is C11H17N3O2. The fourth-order valence-corrected chi connectivity index (χ4v) is 1.10. The predicted molar refractivity (Wildman–Crippen MR) is 61.1 cm³/mol. The van der Waals surface area contributed by atoms with E-state index < -0.39 is 11.6 Å². The van der Waals surface area contributed by atoms with Gasteiger partial charge < -0.3 is 10.5 Å². The van der Waals surface area contributed by atoms with Gasteiger partial charge in [-0.2, -0.15) is 0 Å². The molecule has 2 N–H and O–H groups in total. The highest BCUT2D eigenvalue weighted by Crippen LogP contribution is 2.15. The molecule has 1 aromatic rings. The number of hydrogen-bond acceptors (Lipinski definition) is 5. The van der Waals surface area contributed by atoms with Crippen LogP contribution in [-0.2, 0) is 4.74 Å². The summed E-state index contributed by atoms with van der Waals surface area (Å²) < 4.78 is 5.18. The quantitative estimate of drug-likeness (QED) is 0.732. The Bertz CT molecular complexity index is 422. The number of nitrogens with zero attached hydrogens (tertiary/aromatic N) is 2. The van der Waals surface area contributed by atoms with Crippen molar-refractivity contribution in [2.45, 2.75) is 40.2 Å². The van der Waals surface area contributed by atoms with E-state index in [-0.39, 0.29) is 11.5 Å². The largest absolute Gasteiger partial charge is 0.455 e. The van der Waals surface area contributed by atoms with Crippen molar-refractivity contribution in [1.29, 1.82) is 0 Å². The Balaban J connectivity index is 3.05. The molecule has 0 spiro atoms. The topological polar surface area (TPSA) is 78.1 Å². The number of hydrogen-bond donors (Lipinski definition) is 1. The van der Waals surface area contributed by atoms with Gasteiger partial charge in [0.1, 0.15) is 5.60 Å². The number of anilines is 1. The zero-order chi connectivity index (χ0) is 12.5. The molecule has 0 saturated heterocycles. The minimum Gasteiger partial charge on any atom is -0.455 e. The Hall–Kier alpha value is -1.65. The monoisotopic (exact) mass is 223 g/mol. The molecule has 0 fully saturated rings. The molecule has 0 aliphatic heterocycles. The lowest BCUT2D eigenvalue weighted by atomic mass is 10.2. The number of carbonyl (C=O) groups excluding carboxylic acids is 1. The number of rotatable bonds is 1. The summed E-state index contributed by atoms with van der Waals surface area (Å²) in [5.41, 5.74) is 6.54. The third-order valence-corrected chi connectivity index (χ3v) is 1.93. The maximum absolute atomic E-state index is 11.7. The van der Waals surface area contributed by atoms with Gasteiger partial charge >= 0.3 is 5.97 Å². The minimum absolute atomic E-state index is 0.0815. The van der Waals surface area contributed by atoms with Gasteiger partial charge in [-0.1, -0.05) is 0 Å². The average molecular weight is 223 g/mol. The molecule has 0 aliphatic rings. The highest BCUT2D eigenvalue weighted by molar-refractivity contribution is 5.92. The normalized spacial score (nSPS) is 11.3. The van der Waals surface area contributed by atoms with E-state index >= 15 is 0 Å². The Morgan fingerprint density at radius 2 is 1.69 bits per heavy atom. The number of aromatic nitrogens is 2. The van der Waals surface area contributed by atoms with Crippen molar-refractivity contribution in [3.05, 3.63) is 17.1 Å². The van der Waals surface area contributed by atoms with Crippen LogP contribution in [0, 0.1) is 13.8 Å². The van der Waals surface area contributed by atoms with E-state index in [1.165, 1.54) is 0 Å². The van der Waals surface area contributed by atoms with E-state index in [4.69, 9.17) is 10.5 Å². The molecule has 1 aromatic heterocycles. The van der Waals surface area contributed by atoms with E-state index in [1.807, 2.05) is 0 Å². The molecule has 0 aliphatic carbocycles. The van der Waals surface area contributed by atoms with Crippen LogP contribution in [0.1, 0.15) is 42.6 Å². The van der Waals surface area contributed by atoms with Crippen molar-refractivity contribution in [3.63, 3.8) is 0 Å². The Labute approximate surface area is 95.0 Å². The lowest BCUT2D eigenvalue weighted by Gasteiger charge is -2.19. The SMILES string of the molecule is Cc1nc(N)c(C(=O)OC(C)(C)C)nc1C. The summed E-state index contributed by atoms with van der Waals surface area (Å²) in [7, 11) is 0. The molecule has 0 amide bonds. The van der Waals surface area contributed by atoms with Gasteiger partial charge in [-0.3, -0.25) is 0 Å². The molecule has 0 unspecified atom stereocenters. The maximum Gasteiger partial charge on any atom is 0.361 e. The van der Waals surface area contributed by atoms with E-state index in [2.05, 4.69) is 9.97 Å². The lowest BCUT2D eigenvalue weighted by Crippen LogP contribution is -2.25. The summed E-state index contributed by atoms with van der Waals surface area (Å²) >= 11 is 0. The maximum atomic E-state index is 11.7. The first-order valence-electron chi connectivity index (χ1n) is 5.05. The van der Waals surface area contributed by atoms with Gasteiger partial charge in [-0.25, -0.2) is 14.8 Å². The second-order valence-electron chi connectivity index (χ2n) is 4.63. The van der Waals surface area contributed by atoms with Crippen LogP contribution in [0.4, 0.5) is 5.82 Å². The summed E-state index contributed by atoms with van der Waals surface area (Å²) in [6, 6.07) is 0. The van der Waals surface area contributed by atoms with Crippen LogP contribution in [0.3, 0.4) is 0 Å². The zero-order valence-electron chi connectivity index (χ0n) is 10.3. The Morgan fingerprint density at radius 3 is 2.19 bits per heavy atom. The first kappa shape index (κ1) is 12.4. The second-order valence-corrected chi connectivity index (χ2v) is 4.63. The van der Waals surface area contributed by atoms with Crippen molar-refractivity contribution in [2.75, 3.05) is 5.73 Å². The van der Waals surface area contributed by atoms with Crippen LogP contribution in [0.5, 0.6) is 0 Å². The van der Waals surface area contributed by atoms with Crippen LogP contribution in [0.25, 0.3) is 0 Å². The van der Waals surface area contributed by atoms with Crippen LogP contribution in [-0.4, -0.2) is 21.5 Å². The molecular weight excluding hydrogens is 206 g/mol. The van der Waals surface area contributed by atoms with Gasteiger partial charge in [0.2, 0.25) is 0 Å². The van der Waals surface area contributed by atoms with Crippen LogP contribution >= 0.6 is 0 Å². The first-order valence-corrected chi connectivity index (χ1v) is 5.05. The minimum atomic E-state index is -0.565. The van der Waals surface area contributed by atoms with Crippen molar-refractivity contribution in [1.82, 2.24) is 9.97 Å². The molecule has 1 heterocycles. The number of nitrogen functional groups attached to an aromatic ring is 1. The molecule has 0 atom stereocenters. The Kier molecular flexibility index (Phi) is 3.16. The summed E-state index contributed by atoms with van der Waals surface area (Å²) in [5.74, 6) is -0.432. The van der Waals surface area contributed by atoms with Crippen LogP contribution < -0.4 is 5.73 Å². The van der Waals surface area contributed by atoms with E-state index in [1.54, 1.807) is 34.6 Å². The predicted octanol–water partition coefficient (Wildman–Crippen LogP) is 1.63. The molecule has 0 radical (unpaired) electrons. The van der Waals surface area contributed by atoms with Gasteiger partial charge in [0.25, 0.3) is 0 Å². The van der Waals surface area contributed by atoms with Crippen molar-refractivity contribution in [2.24, 2.45) is 0 Å². The number of aryl methyl sites for hydroxylation is 2. The summed E-state index contributed by atoms with van der Waals surface area (Å²) in [6.45, 7) is 8.92. The van der Waals surface area contributed by atoms with Crippen LogP contribution in [0.15, 0.2) is 0 Å². The fraction of sp³-hybridized carbons (Fsp3) is 0.545. The average Bonchev–Trinajstić information content (AvgIpc) is 2.08. The third-order valence-electron chi connectivity index (χ3n) is 1.93. The van der Waals surface area contributed by atoms with Crippen molar-refractivity contribution < 1.29 is 9.53 Å². The summed E-state index contributed by atoms with van der Waals surface area (Å²) in [4.78, 5) is 19.9. The molecule has 5 nitrogen and oxygen atoms in total. The summed E-state index contributed by atoms with van der Waals surface area (Å²) in [5, 5.41) is 0. The zero-order valence-corrected chi connectivity index (χ0v) is 10.3. The highest BCUT2D eigenvalue weighted by atomic mass is 16.6. The molecule has 0 bridgehead atoms. The fourth-order valence-electron chi connectivity index (χ4n) is 1.10. The smallest absolute Gasteiger partial charge is 0.361 e. The summed E-state index contributed by atoms with van der Waals surface area (Å²) in [6.07, 6.45) is 0. The third kappa shape index (κ3) is 2.92. The standard InChI is InChI=1S/C11H17N3O2/c1-6-7(2)14-9(12)8(13-6)10(15)16-11(3,4)5/h1-5H3,(H2,12,14). The van der Waals surface area contributed by atoms with Gasteiger partial charge in [0.15, 0.2) is 11.5 Å². The number of esters is 1. The Morgan fingerprint density at radius 1 is 1.19 bits per heavy atom. The van der Waals surface area contributed by atoms with E-state index in [0.29, 0.717) is 11.4 Å². The van der Waals surface area contributed by atoms with E-state index in [9.17, 15) is 4.79 Å².